The number of rotatable bonds is 3. The lowest BCUT2D eigenvalue weighted by molar-refractivity contribution is 0.657. The number of hydrogen-bond acceptors (Lipinski definition) is 4. The van der Waals surface area contributed by atoms with Crippen molar-refractivity contribution in [2.45, 2.75) is 6.54 Å². The van der Waals surface area contributed by atoms with E-state index in [0.29, 0.717) is 12.4 Å². The molecular weight excluding hydrogens is 228 g/mol. The van der Waals surface area contributed by atoms with Gasteiger partial charge in [-0.15, -0.1) is 0 Å². The summed E-state index contributed by atoms with van der Waals surface area (Å²) in [5.74, 6) is 1.43. The minimum absolute atomic E-state index is 0.578. The van der Waals surface area contributed by atoms with Crippen LogP contribution in [0.15, 0.2) is 42.7 Å². The Hall–Kier alpha value is -2.63. The van der Waals surface area contributed by atoms with Crippen LogP contribution in [0.4, 0.5) is 5.69 Å². The average molecular weight is 240 g/mol. The SMILES string of the molecule is Nc1ccc(-c2n[nH]c(Cn3cccn3)n2)cc1. The Kier molecular flexibility index (Phi) is 2.53. The van der Waals surface area contributed by atoms with Crippen LogP contribution < -0.4 is 5.73 Å². The molecule has 0 bridgehead atoms. The molecule has 0 aliphatic carbocycles. The van der Waals surface area contributed by atoms with Gasteiger partial charge in [-0.3, -0.25) is 9.78 Å². The third-order valence-electron chi connectivity index (χ3n) is 2.57. The van der Waals surface area contributed by atoms with Gasteiger partial charge < -0.3 is 5.73 Å². The zero-order valence-corrected chi connectivity index (χ0v) is 9.61. The molecule has 0 aliphatic heterocycles. The van der Waals surface area contributed by atoms with Crippen LogP contribution in [0.1, 0.15) is 5.82 Å². The van der Waals surface area contributed by atoms with Crippen molar-refractivity contribution in [3.8, 4) is 11.4 Å². The lowest BCUT2D eigenvalue weighted by Crippen LogP contribution is -2.01. The average Bonchev–Trinajstić information content (AvgIpc) is 3.02. The quantitative estimate of drug-likeness (QED) is 0.676. The molecule has 6 nitrogen and oxygen atoms in total. The zero-order chi connectivity index (χ0) is 12.4. The van der Waals surface area contributed by atoms with E-state index in [1.54, 1.807) is 10.9 Å². The normalized spacial score (nSPS) is 10.7. The Balaban J connectivity index is 1.83. The van der Waals surface area contributed by atoms with Gasteiger partial charge in [-0.25, -0.2) is 4.98 Å². The maximum atomic E-state index is 5.64. The van der Waals surface area contributed by atoms with Crippen LogP contribution in [-0.2, 0) is 6.54 Å². The van der Waals surface area contributed by atoms with Gasteiger partial charge in [0.05, 0.1) is 0 Å². The van der Waals surface area contributed by atoms with E-state index in [1.807, 2.05) is 36.5 Å². The summed E-state index contributed by atoms with van der Waals surface area (Å²) in [6, 6.07) is 9.33. The lowest BCUT2D eigenvalue weighted by atomic mass is 10.2. The fraction of sp³-hybridized carbons (Fsp3) is 0.0833. The summed E-state index contributed by atoms with van der Waals surface area (Å²) in [5, 5.41) is 11.2. The van der Waals surface area contributed by atoms with Crippen LogP contribution in [0.25, 0.3) is 11.4 Å². The van der Waals surface area contributed by atoms with Gasteiger partial charge >= 0.3 is 0 Å². The van der Waals surface area contributed by atoms with Gasteiger partial charge in [0, 0.05) is 23.6 Å². The Morgan fingerprint density at radius 3 is 2.78 bits per heavy atom. The van der Waals surface area contributed by atoms with Gasteiger partial charge in [-0.2, -0.15) is 10.2 Å². The second-order valence-corrected chi connectivity index (χ2v) is 3.93. The fourth-order valence-corrected chi connectivity index (χ4v) is 1.67. The number of benzene rings is 1. The molecule has 3 rings (SSSR count). The Labute approximate surface area is 103 Å². The molecule has 0 radical (unpaired) electrons. The van der Waals surface area contributed by atoms with Gasteiger partial charge in [0.15, 0.2) is 5.82 Å². The second-order valence-electron chi connectivity index (χ2n) is 3.93. The summed E-state index contributed by atoms with van der Waals surface area (Å²) in [6.07, 6.45) is 3.61. The molecule has 0 atom stereocenters. The van der Waals surface area contributed by atoms with Crippen LogP contribution in [0.5, 0.6) is 0 Å². The van der Waals surface area contributed by atoms with Crippen LogP contribution in [0.2, 0.25) is 0 Å². The third kappa shape index (κ3) is 2.08. The summed E-state index contributed by atoms with van der Waals surface area (Å²) in [4.78, 5) is 4.42. The predicted molar refractivity (Wildman–Crippen MR) is 67.6 cm³/mol. The maximum Gasteiger partial charge on any atom is 0.181 e. The van der Waals surface area contributed by atoms with Gasteiger partial charge in [-0.1, -0.05) is 0 Å². The van der Waals surface area contributed by atoms with E-state index < -0.39 is 0 Å². The van der Waals surface area contributed by atoms with Gasteiger partial charge in [-0.05, 0) is 30.3 Å². The van der Waals surface area contributed by atoms with Crippen molar-refractivity contribution >= 4 is 5.69 Å². The Morgan fingerprint density at radius 2 is 2.06 bits per heavy atom. The topological polar surface area (TPSA) is 85.4 Å². The number of aromatic nitrogens is 5. The molecule has 3 aromatic rings. The molecule has 0 fully saturated rings. The number of nitrogen functional groups attached to an aromatic ring is 1. The molecule has 90 valence electrons. The van der Waals surface area contributed by atoms with Crippen molar-refractivity contribution in [2.24, 2.45) is 0 Å². The highest BCUT2D eigenvalue weighted by Gasteiger charge is 2.06. The van der Waals surface area contributed by atoms with Crippen LogP contribution in [0.3, 0.4) is 0 Å². The molecule has 0 amide bonds. The van der Waals surface area contributed by atoms with Crippen molar-refractivity contribution in [3.63, 3.8) is 0 Å². The van der Waals surface area contributed by atoms with Crippen molar-refractivity contribution < 1.29 is 0 Å². The monoisotopic (exact) mass is 240 g/mol. The fourth-order valence-electron chi connectivity index (χ4n) is 1.67. The first-order valence-corrected chi connectivity index (χ1v) is 5.56. The molecule has 3 N–H and O–H groups in total. The largest absolute Gasteiger partial charge is 0.399 e. The van der Waals surface area contributed by atoms with Crippen LogP contribution >= 0.6 is 0 Å². The van der Waals surface area contributed by atoms with E-state index in [2.05, 4.69) is 20.3 Å². The van der Waals surface area contributed by atoms with Crippen LogP contribution in [-0.4, -0.2) is 25.0 Å². The van der Waals surface area contributed by atoms with E-state index in [0.717, 1.165) is 17.1 Å². The van der Waals surface area contributed by atoms with Crippen molar-refractivity contribution in [2.75, 3.05) is 5.73 Å². The van der Waals surface area contributed by atoms with Gasteiger partial charge in [0.25, 0.3) is 0 Å². The molecule has 0 saturated carbocycles. The molecule has 0 aliphatic rings. The number of anilines is 1. The molecule has 2 heterocycles. The smallest absolute Gasteiger partial charge is 0.181 e. The summed E-state index contributed by atoms with van der Waals surface area (Å²) in [5.41, 5.74) is 7.31. The van der Waals surface area contributed by atoms with E-state index in [4.69, 9.17) is 5.73 Å². The molecule has 1 aromatic carbocycles. The molecule has 6 heteroatoms. The number of H-pyrrole nitrogens is 1. The molecule has 0 spiro atoms. The summed E-state index contributed by atoms with van der Waals surface area (Å²) in [6.45, 7) is 0.578. The minimum Gasteiger partial charge on any atom is -0.399 e. The van der Waals surface area contributed by atoms with E-state index in [-0.39, 0.29) is 0 Å². The highest BCUT2D eigenvalue weighted by Crippen LogP contribution is 2.16. The first-order valence-electron chi connectivity index (χ1n) is 5.56. The molecule has 18 heavy (non-hydrogen) atoms. The lowest BCUT2D eigenvalue weighted by Gasteiger charge is -1.96. The van der Waals surface area contributed by atoms with Gasteiger partial charge in [0.1, 0.15) is 12.4 Å². The number of nitrogens with two attached hydrogens (primary N) is 1. The molecule has 0 unspecified atom stereocenters. The predicted octanol–water partition coefficient (Wildman–Crippen LogP) is 1.30. The summed E-state index contributed by atoms with van der Waals surface area (Å²) >= 11 is 0. The summed E-state index contributed by atoms with van der Waals surface area (Å²) in [7, 11) is 0. The second kappa shape index (κ2) is 4.33. The van der Waals surface area contributed by atoms with Crippen molar-refractivity contribution in [3.05, 3.63) is 48.5 Å². The minimum atomic E-state index is 0.578. The zero-order valence-electron chi connectivity index (χ0n) is 9.61. The van der Waals surface area contributed by atoms with Crippen molar-refractivity contribution in [1.82, 2.24) is 25.0 Å². The standard InChI is InChI=1S/C12H12N6/c13-10-4-2-9(3-5-10)12-15-11(16-17-12)8-18-7-1-6-14-18/h1-7H,8,13H2,(H,15,16,17). The van der Waals surface area contributed by atoms with E-state index in [9.17, 15) is 0 Å². The Bertz CT molecular complexity index is 623. The summed E-state index contributed by atoms with van der Waals surface area (Å²) < 4.78 is 1.78. The molecule has 0 saturated heterocycles. The van der Waals surface area contributed by atoms with Crippen LogP contribution in [0, 0.1) is 0 Å². The first kappa shape index (κ1) is 10.5. The molecule has 2 aromatic heterocycles. The maximum absolute atomic E-state index is 5.64. The van der Waals surface area contributed by atoms with Gasteiger partial charge in [0.2, 0.25) is 0 Å². The van der Waals surface area contributed by atoms with Crippen molar-refractivity contribution in [1.29, 1.82) is 0 Å². The number of hydrogen-bond donors (Lipinski definition) is 2. The highest BCUT2D eigenvalue weighted by atomic mass is 15.3. The van der Waals surface area contributed by atoms with E-state index >= 15 is 0 Å². The van der Waals surface area contributed by atoms with E-state index in [1.165, 1.54) is 0 Å². The first-order chi connectivity index (χ1) is 8.81. The number of nitrogens with zero attached hydrogens (tertiary/aromatic N) is 4. The Morgan fingerprint density at radius 1 is 1.22 bits per heavy atom. The molecular formula is C12H12N6. The highest BCUT2D eigenvalue weighted by molar-refractivity contribution is 5.58. The third-order valence-corrected chi connectivity index (χ3v) is 2.57. The number of nitrogens with one attached hydrogen (secondary N) is 1. The number of aromatic amines is 1.